The quantitative estimate of drug-likeness (QED) is 0.663. The van der Waals surface area contributed by atoms with Crippen molar-refractivity contribution in [2.24, 2.45) is 0 Å². The fraction of sp³-hybridized carbons (Fsp3) is 0.357. The first-order chi connectivity index (χ1) is 9.25. The van der Waals surface area contributed by atoms with Gasteiger partial charge in [-0.25, -0.2) is 4.98 Å². The van der Waals surface area contributed by atoms with E-state index >= 15 is 0 Å². The molecule has 0 bridgehead atoms. The topological polar surface area (TPSA) is 68.1 Å². The van der Waals surface area contributed by atoms with Crippen LogP contribution < -0.4 is 5.32 Å². The third-order valence-corrected chi connectivity index (χ3v) is 3.58. The Morgan fingerprint density at radius 1 is 1.26 bits per heavy atom. The Bertz CT molecular complexity index is 621. The van der Waals surface area contributed by atoms with Gasteiger partial charge in [0.1, 0.15) is 5.52 Å². The van der Waals surface area contributed by atoms with Gasteiger partial charge < -0.3 is 5.32 Å². The van der Waals surface area contributed by atoms with E-state index in [0.29, 0.717) is 5.52 Å². The first kappa shape index (κ1) is 12.0. The molecule has 0 amide bonds. The Morgan fingerprint density at radius 2 is 2.16 bits per heavy atom. The Hall–Kier alpha value is -2.01. The van der Waals surface area contributed by atoms with E-state index in [1.807, 2.05) is 18.2 Å². The second-order valence-electron chi connectivity index (χ2n) is 4.84. The molecule has 5 heteroatoms. The van der Waals surface area contributed by atoms with E-state index in [9.17, 15) is 10.1 Å². The SMILES string of the molecule is O=[N+]([O-])c1cccc2ccc(C3CCCCN3)nc12. The Kier molecular flexibility index (Phi) is 3.13. The van der Waals surface area contributed by atoms with E-state index in [1.165, 1.54) is 18.9 Å². The number of pyridine rings is 1. The normalized spacial score (nSPS) is 19.5. The maximum absolute atomic E-state index is 11.1. The minimum atomic E-state index is -0.368. The van der Waals surface area contributed by atoms with Crippen LogP contribution in [-0.4, -0.2) is 16.5 Å². The molecule has 1 N–H and O–H groups in total. The molecule has 1 fully saturated rings. The van der Waals surface area contributed by atoms with Gasteiger partial charge in [-0.15, -0.1) is 0 Å². The highest BCUT2D eigenvalue weighted by molar-refractivity contribution is 5.87. The molecule has 19 heavy (non-hydrogen) atoms. The molecular formula is C14H15N3O2. The Morgan fingerprint density at radius 3 is 2.89 bits per heavy atom. The van der Waals surface area contributed by atoms with Crippen LogP contribution >= 0.6 is 0 Å². The van der Waals surface area contributed by atoms with Crippen molar-refractivity contribution >= 4 is 16.6 Å². The number of fused-ring (bicyclic) bond motifs is 1. The Labute approximate surface area is 110 Å². The summed E-state index contributed by atoms with van der Waals surface area (Å²) in [6.45, 7) is 0.987. The Balaban J connectivity index is 2.08. The summed E-state index contributed by atoms with van der Waals surface area (Å²) in [6.07, 6.45) is 3.40. The van der Waals surface area contributed by atoms with Crippen molar-refractivity contribution in [3.63, 3.8) is 0 Å². The molecule has 0 saturated carbocycles. The molecule has 98 valence electrons. The number of para-hydroxylation sites is 1. The van der Waals surface area contributed by atoms with Crippen LogP contribution in [0.1, 0.15) is 31.0 Å². The molecule has 5 nitrogen and oxygen atoms in total. The van der Waals surface area contributed by atoms with Gasteiger partial charge in [-0.3, -0.25) is 10.1 Å². The summed E-state index contributed by atoms with van der Waals surface area (Å²) in [6, 6.07) is 9.16. The van der Waals surface area contributed by atoms with E-state index in [2.05, 4.69) is 10.3 Å². The molecule has 1 aromatic carbocycles. The zero-order chi connectivity index (χ0) is 13.2. The standard InChI is InChI=1S/C14H15N3O2/c18-17(19)13-6-3-4-10-7-8-12(16-14(10)13)11-5-1-2-9-15-11/h3-4,6-8,11,15H,1-2,5,9H2. The molecule has 1 saturated heterocycles. The van der Waals surface area contributed by atoms with Crippen LogP contribution in [0.4, 0.5) is 5.69 Å². The minimum Gasteiger partial charge on any atom is -0.309 e. The second-order valence-corrected chi connectivity index (χ2v) is 4.84. The van der Waals surface area contributed by atoms with Crippen LogP contribution in [0.25, 0.3) is 10.9 Å². The number of aromatic nitrogens is 1. The number of hydrogen-bond acceptors (Lipinski definition) is 4. The summed E-state index contributed by atoms with van der Waals surface area (Å²) >= 11 is 0. The number of nitro benzene ring substituents is 1. The molecule has 1 aromatic heterocycles. The van der Waals surface area contributed by atoms with Crippen molar-refractivity contribution in [3.05, 3.63) is 46.1 Å². The zero-order valence-corrected chi connectivity index (χ0v) is 10.5. The van der Waals surface area contributed by atoms with Crippen LogP contribution in [0.5, 0.6) is 0 Å². The van der Waals surface area contributed by atoms with Gasteiger partial charge in [-0.05, 0) is 25.5 Å². The zero-order valence-electron chi connectivity index (χ0n) is 10.5. The summed E-state index contributed by atoms with van der Waals surface area (Å²) in [5.74, 6) is 0. The fourth-order valence-electron chi connectivity index (χ4n) is 2.59. The van der Waals surface area contributed by atoms with Crippen molar-refractivity contribution in [1.29, 1.82) is 0 Å². The predicted octanol–water partition coefficient (Wildman–Crippen LogP) is 2.96. The molecule has 1 aliphatic heterocycles. The number of rotatable bonds is 2. The molecule has 0 radical (unpaired) electrons. The lowest BCUT2D eigenvalue weighted by Crippen LogP contribution is -2.27. The number of nitrogens with zero attached hydrogens (tertiary/aromatic N) is 2. The van der Waals surface area contributed by atoms with E-state index in [4.69, 9.17) is 0 Å². The van der Waals surface area contributed by atoms with Crippen molar-refractivity contribution in [2.45, 2.75) is 25.3 Å². The third-order valence-electron chi connectivity index (χ3n) is 3.58. The molecule has 1 aliphatic rings. The van der Waals surface area contributed by atoms with Crippen LogP contribution in [0.3, 0.4) is 0 Å². The van der Waals surface area contributed by atoms with Gasteiger partial charge in [-0.2, -0.15) is 0 Å². The largest absolute Gasteiger partial charge is 0.309 e. The van der Waals surface area contributed by atoms with Gasteiger partial charge in [0.25, 0.3) is 5.69 Å². The van der Waals surface area contributed by atoms with E-state index < -0.39 is 0 Å². The van der Waals surface area contributed by atoms with Gasteiger partial charge in [-0.1, -0.05) is 24.6 Å². The van der Waals surface area contributed by atoms with Crippen LogP contribution in [0.2, 0.25) is 0 Å². The highest BCUT2D eigenvalue weighted by Crippen LogP contribution is 2.27. The fourth-order valence-corrected chi connectivity index (χ4v) is 2.59. The third kappa shape index (κ3) is 2.29. The summed E-state index contributed by atoms with van der Waals surface area (Å²) < 4.78 is 0. The number of hydrogen-bond donors (Lipinski definition) is 1. The molecule has 1 atom stereocenters. The molecule has 1 unspecified atom stereocenters. The smallest absolute Gasteiger partial charge is 0.295 e. The van der Waals surface area contributed by atoms with Gasteiger partial charge in [0.2, 0.25) is 0 Å². The van der Waals surface area contributed by atoms with E-state index in [-0.39, 0.29) is 16.7 Å². The van der Waals surface area contributed by atoms with E-state index in [1.54, 1.807) is 6.07 Å². The number of benzene rings is 1. The monoisotopic (exact) mass is 257 g/mol. The summed E-state index contributed by atoms with van der Waals surface area (Å²) in [4.78, 5) is 15.2. The number of nitro groups is 1. The van der Waals surface area contributed by atoms with Crippen molar-refractivity contribution < 1.29 is 4.92 Å². The van der Waals surface area contributed by atoms with Crippen molar-refractivity contribution in [1.82, 2.24) is 10.3 Å². The highest BCUT2D eigenvalue weighted by Gasteiger charge is 2.18. The van der Waals surface area contributed by atoms with Gasteiger partial charge >= 0.3 is 0 Å². The van der Waals surface area contributed by atoms with Gasteiger partial charge in [0.05, 0.1) is 10.6 Å². The van der Waals surface area contributed by atoms with Crippen LogP contribution in [0.15, 0.2) is 30.3 Å². The minimum absolute atomic E-state index is 0.0789. The molecule has 3 rings (SSSR count). The molecule has 0 aliphatic carbocycles. The first-order valence-electron chi connectivity index (χ1n) is 6.53. The summed E-state index contributed by atoms with van der Waals surface area (Å²) in [5, 5.41) is 15.3. The van der Waals surface area contributed by atoms with Crippen LogP contribution in [-0.2, 0) is 0 Å². The maximum Gasteiger partial charge on any atom is 0.295 e. The average molecular weight is 257 g/mol. The molecular weight excluding hydrogens is 242 g/mol. The lowest BCUT2D eigenvalue weighted by Gasteiger charge is -2.23. The molecule has 0 spiro atoms. The van der Waals surface area contributed by atoms with E-state index in [0.717, 1.165) is 24.0 Å². The van der Waals surface area contributed by atoms with Gasteiger partial charge in [0.15, 0.2) is 0 Å². The lowest BCUT2D eigenvalue weighted by atomic mass is 10.0. The van der Waals surface area contributed by atoms with Gasteiger partial charge in [0, 0.05) is 17.5 Å². The number of piperidine rings is 1. The first-order valence-corrected chi connectivity index (χ1v) is 6.53. The predicted molar refractivity (Wildman–Crippen MR) is 73.0 cm³/mol. The molecule has 2 aromatic rings. The number of nitrogens with one attached hydrogen (secondary N) is 1. The highest BCUT2D eigenvalue weighted by atomic mass is 16.6. The molecule has 2 heterocycles. The summed E-state index contributed by atoms with van der Waals surface area (Å²) in [5.41, 5.74) is 1.47. The van der Waals surface area contributed by atoms with Crippen molar-refractivity contribution in [3.8, 4) is 0 Å². The van der Waals surface area contributed by atoms with Crippen molar-refractivity contribution in [2.75, 3.05) is 6.54 Å². The average Bonchev–Trinajstić information content (AvgIpc) is 2.47. The number of non-ortho nitro benzene ring substituents is 1. The van der Waals surface area contributed by atoms with Crippen LogP contribution in [0, 0.1) is 10.1 Å². The second kappa shape index (κ2) is 4.93. The summed E-state index contributed by atoms with van der Waals surface area (Å²) in [7, 11) is 0. The lowest BCUT2D eigenvalue weighted by molar-refractivity contribution is -0.383. The maximum atomic E-state index is 11.1.